The molecule has 0 bridgehead atoms. The number of hydrogen-bond acceptors (Lipinski definition) is 5. The second-order valence-electron chi connectivity index (χ2n) is 7.32. The topological polar surface area (TPSA) is 104 Å². The number of aryl methyl sites for hydroxylation is 1. The maximum atomic E-state index is 11.7. The van der Waals surface area contributed by atoms with Crippen molar-refractivity contribution in [2.24, 2.45) is 11.3 Å². The zero-order chi connectivity index (χ0) is 17.0. The number of carboxylic acid groups (broad SMARTS) is 1. The molecule has 1 N–H and O–H groups in total. The summed E-state index contributed by atoms with van der Waals surface area (Å²) in [5.41, 5.74) is 0.0964. The molecule has 0 heterocycles. The van der Waals surface area contributed by atoms with Crippen molar-refractivity contribution in [2.75, 3.05) is 0 Å². The van der Waals surface area contributed by atoms with Crippen LogP contribution < -0.4 is 5.11 Å². The summed E-state index contributed by atoms with van der Waals surface area (Å²) < 4.78 is 0. The average Bonchev–Trinajstić information content (AvgIpc) is 2.46. The number of aliphatic carboxylic acids is 1. The number of phenols is 1. The van der Waals surface area contributed by atoms with Gasteiger partial charge in [-0.25, -0.2) is 0 Å². The fourth-order valence-electron chi connectivity index (χ4n) is 4.88. The second-order valence-corrected chi connectivity index (χ2v) is 7.32. The summed E-state index contributed by atoms with van der Waals surface area (Å²) in [6, 6.07) is 2.91. The van der Waals surface area contributed by atoms with Gasteiger partial charge in [0.25, 0.3) is 0 Å². The van der Waals surface area contributed by atoms with E-state index in [0.29, 0.717) is 19.3 Å². The van der Waals surface area contributed by atoms with Gasteiger partial charge in [-0.3, -0.25) is 10.1 Å². The molecule has 1 fully saturated rings. The van der Waals surface area contributed by atoms with Gasteiger partial charge in [0.1, 0.15) is 0 Å². The first-order chi connectivity index (χ1) is 10.7. The molecule has 0 saturated heterocycles. The van der Waals surface area contributed by atoms with Crippen molar-refractivity contribution in [1.82, 2.24) is 0 Å². The maximum absolute atomic E-state index is 11.7. The first-order valence-corrected chi connectivity index (χ1v) is 7.92. The van der Waals surface area contributed by atoms with E-state index in [0.717, 1.165) is 24.0 Å². The SMILES string of the molecule is CC1(C(=O)[O-])CCCC2(C)c3cc(O)c([N+](=O)[O-])cc3CCC12. The van der Waals surface area contributed by atoms with Gasteiger partial charge >= 0.3 is 5.69 Å². The fourth-order valence-corrected chi connectivity index (χ4v) is 4.88. The number of nitro benzene ring substituents is 1. The third kappa shape index (κ3) is 2.11. The van der Waals surface area contributed by atoms with Crippen LogP contribution in [-0.4, -0.2) is 16.0 Å². The highest BCUT2D eigenvalue weighted by Gasteiger charge is 2.52. The van der Waals surface area contributed by atoms with Crippen LogP contribution in [0, 0.1) is 21.4 Å². The molecule has 0 aromatic heterocycles. The number of carbonyl (C=O) groups excluding carboxylic acids is 1. The fraction of sp³-hybridized carbons (Fsp3) is 0.588. The van der Waals surface area contributed by atoms with E-state index in [9.17, 15) is 25.1 Å². The Morgan fingerprint density at radius 1 is 1.35 bits per heavy atom. The normalized spacial score (nSPS) is 32.7. The van der Waals surface area contributed by atoms with Crippen molar-refractivity contribution in [1.29, 1.82) is 0 Å². The Morgan fingerprint density at radius 3 is 2.65 bits per heavy atom. The predicted octanol–water partition coefficient (Wildman–Crippen LogP) is 2.06. The number of hydrogen-bond donors (Lipinski definition) is 1. The zero-order valence-corrected chi connectivity index (χ0v) is 13.3. The van der Waals surface area contributed by atoms with Gasteiger partial charge in [0.05, 0.1) is 4.92 Å². The number of nitrogens with zero attached hydrogens (tertiary/aromatic N) is 1. The molecule has 1 saturated carbocycles. The summed E-state index contributed by atoms with van der Waals surface area (Å²) in [7, 11) is 0. The highest BCUT2D eigenvalue weighted by molar-refractivity contribution is 5.73. The van der Waals surface area contributed by atoms with E-state index in [1.165, 1.54) is 12.1 Å². The van der Waals surface area contributed by atoms with Crippen LogP contribution in [0.25, 0.3) is 0 Å². The lowest BCUT2D eigenvalue weighted by molar-refractivity contribution is -0.386. The number of phenolic OH excluding ortho intramolecular Hbond substituents is 1. The lowest BCUT2D eigenvalue weighted by Gasteiger charge is -2.55. The van der Waals surface area contributed by atoms with Gasteiger partial charge in [-0.05, 0) is 54.2 Å². The highest BCUT2D eigenvalue weighted by atomic mass is 16.6. The van der Waals surface area contributed by atoms with Gasteiger partial charge < -0.3 is 15.0 Å². The Bertz CT molecular complexity index is 700. The predicted molar refractivity (Wildman–Crippen MR) is 80.9 cm³/mol. The monoisotopic (exact) mass is 318 g/mol. The molecule has 2 aliphatic carbocycles. The van der Waals surface area contributed by atoms with Gasteiger partial charge in [0.15, 0.2) is 5.75 Å². The van der Waals surface area contributed by atoms with Crippen LogP contribution in [-0.2, 0) is 16.6 Å². The van der Waals surface area contributed by atoms with Gasteiger partial charge in [-0.15, -0.1) is 0 Å². The van der Waals surface area contributed by atoms with E-state index in [2.05, 4.69) is 0 Å². The number of nitro groups is 1. The minimum Gasteiger partial charge on any atom is -0.550 e. The molecule has 2 aliphatic rings. The summed E-state index contributed by atoms with van der Waals surface area (Å²) >= 11 is 0. The largest absolute Gasteiger partial charge is 0.550 e. The standard InChI is InChI=1S/C17H21NO5/c1-16-6-3-7-17(2,15(20)21)14(16)5-4-10-8-12(18(22)23)13(19)9-11(10)16/h8-9,14,19H,3-7H2,1-2H3,(H,20,21)/p-1. The van der Waals surface area contributed by atoms with Crippen LogP contribution in [0.5, 0.6) is 5.75 Å². The summed E-state index contributed by atoms with van der Waals surface area (Å²) in [4.78, 5) is 22.2. The number of benzene rings is 1. The van der Waals surface area contributed by atoms with Crippen molar-refractivity contribution in [2.45, 2.75) is 51.4 Å². The molecule has 3 rings (SSSR count). The van der Waals surface area contributed by atoms with Gasteiger partial charge in [-0.2, -0.15) is 0 Å². The van der Waals surface area contributed by atoms with Crippen LogP contribution in [0.1, 0.15) is 50.7 Å². The average molecular weight is 318 g/mol. The third-order valence-corrected chi connectivity index (χ3v) is 6.11. The molecule has 3 atom stereocenters. The third-order valence-electron chi connectivity index (χ3n) is 6.11. The summed E-state index contributed by atoms with van der Waals surface area (Å²) in [6.07, 6.45) is 3.40. The molecule has 6 nitrogen and oxygen atoms in total. The molecule has 3 unspecified atom stereocenters. The van der Waals surface area contributed by atoms with Crippen LogP contribution in [0.15, 0.2) is 12.1 Å². The number of fused-ring (bicyclic) bond motifs is 3. The zero-order valence-electron chi connectivity index (χ0n) is 13.3. The molecule has 6 heteroatoms. The number of rotatable bonds is 2. The Hall–Kier alpha value is -2.11. The summed E-state index contributed by atoms with van der Waals surface area (Å²) in [6.45, 7) is 3.77. The number of carboxylic acids is 1. The minimum atomic E-state index is -1.02. The van der Waals surface area contributed by atoms with E-state index >= 15 is 0 Å². The molecule has 0 amide bonds. The molecule has 1 aromatic rings. The van der Waals surface area contributed by atoms with E-state index in [1.807, 2.05) is 6.92 Å². The van der Waals surface area contributed by atoms with Crippen molar-refractivity contribution in [3.8, 4) is 5.75 Å². The van der Waals surface area contributed by atoms with Gasteiger partial charge in [0, 0.05) is 17.5 Å². The van der Waals surface area contributed by atoms with Gasteiger partial charge in [0.2, 0.25) is 0 Å². The van der Waals surface area contributed by atoms with E-state index < -0.39 is 21.7 Å². The molecule has 1 aromatic carbocycles. The maximum Gasteiger partial charge on any atom is 0.310 e. The molecule has 124 valence electrons. The second kappa shape index (κ2) is 4.94. The van der Waals surface area contributed by atoms with Crippen molar-refractivity contribution < 1.29 is 19.9 Å². The molecular formula is C17H20NO5-. The first kappa shape index (κ1) is 15.8. The Kier molecular flexibility index (Phi) is 3.39. The Morgan fingerprint density at radius 2 is 2.04 bits per heavy atom. The van der Waals surface area contributed by atoms with E-state index in [1.54, 1.807) is 6.92 Å². The number of carbonyl (C=O) groups is 1. The van der Waals surface area contributed by atoms with Crippen molar-refractivity contribution in [3.05, 3.63) is 33.4 Å². The number of aromatic hydroxyl groups is 1. The lowest BCUT2D eigenvalue weighted by atomic mass is 9.50. The van der Waals surface area contributed by atoms with Crippen LogP contribution in [0.4, 0.5) is 5.69 Å². The van der Waals surface area contributed by atoms with Crippen LogP contribution in [0.2, 0.25) is 0 Å². The molecule has 0 radical (unpaired) electrons. The molecule has 0 spiro atoms. The Labute approximate surface area is 134 Å². The molecule has 0 aliphatic heterocycles. The quantitative estimate of drug-likeness (QED) is 0.664. The van der Waals surface area contributed by atoms with E-state index in [4.69, 9.17) is 0 Å². The molecule has 23 heavy (non-hydrogen) atoms. The van der Waals surface area contributed by atoms with Crippen molar-refractivity contribution >= 4 is 11.7 Å². The lowest BCUT2D eigenvalue weighted by Crippen LogP contribution is -2.56. The van der Waals surface area contributed by atoms with E-state index in [-0.39, 0.29) is 17.4 Å². The highest BCUT2D eigenvalue weighted by Crippen LogP contribution is 2.57. The first-order valence-electron chi connectivity index (χ1n) is 7.92. The smallest absolute Gasteiger partial charge is 0.310 e. The summed E-state index contributed by atoms with van der Waals surface area (Å²) in [5, 5.41) is 32.8. The Balaban J connectivity index is 2.15. The molecular weight excluding hydrogens is 298 g/mol. The minimum absolute atomic E-state index is 0.0953. The summed E-state index contributed by atoms with van der Waals surface area (Å²) in [5.74, 6) is -1.47. The van der Waals surface area contributed by atoms with Gasteiger partial charge in [-0.1, -0.05) is 20.3 Å². The van der Waals surface area contributed by atoms with Crippen LogP contribution >= 0.6 is 0 Å². The van der Waals surface area contributed by atoms with Crippen LogP contribution in [0.3, 0.4) is 0 Å². The van der Waals surface area contributed by atoms with Crippen molar-refractivity contribution in [3.63, 3.8) is 0 Å².